The van der Waals surface area contributed by atoms with Crippen molar-refractivity contribution in [1.82, 2.24) is 4.98 Å². The lowest BCUT2D eigenvalue weighted by atomic mass is 10.0. The Morgan fingerprint density at radius 1 is 1.09 bits per heavy atom. The van der Waals surface area contributed by atoms with E-state index in [-0.39, 0.29) is 5.91 Å². The van der Waals surface area contributed by atoms with Crippen LogP contribution in [0.3, 0.4) is 0 Å². The highest BCUT2D eigenvalue weighted by molar-refractivity contribution is 7.14. The van der Waals surface area contributed by atoms with Gasteiger partial charge in [-0.15, -0.1) is 22.7 Å². The lowest BCUT2D eigenvalue weighted by molar-refractivity contribution is 0.103. The highest BCUT2D eigenvalue weighted by Gasteiger charge is 2.13. The second-order valence-electron chi connectivity index (χ2n) is 5.24. The van der Waals surface area contributed by atoms with Crippen LogP contribution in [0.2, 0.25) is 0 Å². The highest BCUT2D eigenvalue weighted by atomic mass is 32.1. The summed E-state index contributed by atoms with van der Waals surface area (Å²) in [5.41, 5.74) is 5.40. The summed E-state index contributed by atoms with van der Waals surface area (Å²) in [4.78, 5) is 17.5. The van der Waals surface area contributed by atoms with Gasteiger partial charge in [0.1, 0.15) is 0 Å². The van der Waals surface area contributed by atoms with Crippen molar-refractivity contribution in [1.29, 1.82) is 0 Å². The fourth-order valence-corrected chi connectivity index (χ4v) is 3.75. The van der Waals surface area contributed by atoms with E-state index < -0.39 is 0 Å². The van der Waals surface area contributed by atoms with E-state index in [1.807, 2.05) is 23.8 Å². The Bertz CT molecular complexity index is 833. The summed E-state index contributed by atoms with van der Waals surface area (Å²) in [7, 11) is 0. The van der Waals surface area contributed by atoms with Crippen LogP contribution in [0.25, 0.3) is 11.3 Å². The van der Waals surface area contributed by atoms with E-state index in [4.69, 9.17) is 0 Å². The van der Waals surface area contributed by atoms with E-state index in [0.29, 0.717) is 5.13 Å². The van der Waals surface area contributed by atoms with Crippen LogP contribution in [0.1, 0.15) is 26.4 Å². The van der Waals surface area contributed by atoms with Crippen LogP contribution >= 0.6 is 22.7 Å². The molecule has 1 aromatic carbocycles. The minimum atomic E-state index is -0.0886. The molecular formula is C17H16N2OS2. The van der Waals surface area contributed by atoms with Crippen molar-refractivity contribution in [2.24, 2.45) is 0 Å². The number of nitrogens with one attached hydrogen (secondary N) is 1. The monoisotopic (exact) mass is 328 g/mol. The summed E-state index contributed by atoms with van der Waals surface area (Å²) in [5.74, 6) is -0.0886. The van der Waals surface area contributed by atoms with Crippen LogP contribution < -0.4 is 5.32 Å². The van der Waals surface area contributed by atoms with Crippen molar-refractivity contribution >= 4 is 33.7 Å². The lowest BCUT2D eigenvalue weighted by Gasteiger charge is -2.04. The van der Waals surface area contributed by atoms with E-state index in [9.17, 15) is 4.79 Å². The number of hydrogen-bond donors (Lipinski definition) is 1. The van der Waals surface area contributed by atoms with Crippen LogP contribution in [0.4, 0.5) is 5.13 Å². The Balaban J connectivity index is 1.84. The van der Waals surface area contributed by atoms with Gasteiger partial charge < -0.3 is 0 Å². The van der Waals surface area contributed by atoms with Gasteiger partial charge in [-0.1, -0.05) is 17.7 Å². The van der Waals surface area contributed by atoms with Gasteiger partial charge in [0.15, 0.2) is 5.13 Å². The number of aromatic nitrogens is 1. The molecule has 0 aliphatic heterocycles. The predicted molar refractivity (Wildman–Crippen MR) is 94.0 cm³/mol. The standard InChI is InChI=1S/C17H16N2OS2/c1-10-4-5-11(2)13(8-10)14-9-22-17(18-14)19-16(20)15-12(3)6-7-21-15/h4-9H,1-3H3,(H,18,19,20). The normalized spacial score (nSPS) is 10.7. The largest absolute Gasteiger partial charge is 0.297 e. The zero-order valence-corrected chi connectivity index (χ0v) is 14.3. The number of aryl methyl sites for hydroxylation is 3. The van der Waals surface area contributed by atoms with Crippen LogP contribution in [0.15, 0.2) is 35.0 Å². The molecular weight excluding hydrogens is 312 g/mol. The Hall–Kier alpha value is -1.98. The number of benzene rings is 1. The molecule has 0 saturated heterocycles. The smallest absolute Gasteiger partial charge is 0.267 e. The molecule has 0 fully saturated rings. The molecule has 0 aliphatic rings. The molecule has 0 bridgehead atoms. The second-order valence-corrected chi connectivity index (χ2v) is 7.02. The number of nitrogens with zero attached hydrogens (tertiary/aromatic N) is 1. The quantitative estimate of drug-likeness (QED) is 0.731. The maximum Gasteiger partial charge on any atom is 0.267 e. The molecule has 0 saturated carbocycles. The fourth-order valence-electron chi connectivity index (χ4n) is 2.23. The summed E-state index contributed by atoms with van der Waals surface area (Å²) >= 11 is 2.90. The van der Waals surface area contributed by atoms with Gasteiger partial charge in [0.25, 0.3) is 5.91 Å². The van der Waals surface area contributed by atoms with Crippen LogP contribution in [0, 0.1) is 20.8 Å². The van der Waals surface area contributed by atoms with Gasteiger partial charge in [0.05, 0.1) is 10.6 Å². The lowest BCUT2D eigenvalue weighted by Crippen LogP contribution is -2.11. The van der Waals surface area contributed by atoms with E-state index >= 15 is 0 Å². The molecule has 1 N–H and O–H groups in total. The van der Waals surface area contributed by atoms with Crippen molar-refractivity contribution < 1.29 is 4.79 Å². The first-order valence-electron chi connectivity index (χ1n) is 6.93. The van der Waals surface area contributed by atoms with Gasteiger partial charge in [-0.2, -0.15) is 0 Å². The van der Waals surface area contributed by atoms with Gasteiger partial charge in [-0.3, -0.25) is 10.1 Å². The molecule has 2 heterocycles. The second kappa shape index (κ2) is 6.02. The van der Waals surface area contributed by atoms with E-state index in [0.717, 1.165) is 21.7 Å². The van der Waals surface area contributed by atoms with Gasteiger partial charge >= 0.3 is 0 Å². The molecule has 0 unspecified atom stereocenters. The van der Waals surface area contributed by atoms with Crippen LogP contribution in [-0.2, 0) is 0 Å². The topological polar surface area (TPSA) is 42.0 Å². The molecule has 3 rings (SSSR count). The molecule has 22 heavy (non-hydrogen) atoms. The molecule has 0 aliphatic carbocycles. The van der Waals surface area contributed by atoms with Crippen molar-refractivity contribution in [3.05, 3.63) is 56.6 Å². The number of carbonyl (C=O) groups is 1. The average molecular weight is 328 g/mol. The molecule has 0 spiro atoms. The zero-order valence-electron chi connectivity index (χ0n) is 12.6. The van der Waals surface area contributed by atoms with E-state index in [1.165, 1.54) is 33.8 Å². The maximum atomic E-state index is 12.2. The average Bonchev–Trinajstić information content (AvgIpc) is 3.10. The number of rotatable bonds is 3. The Labute approximate surface area is 137 Å². The number of thiazole rings is 1. The van der Waals surface area contributed by atoms with E-state index in [2.05, 4.69) is 42.3 Å². The molecule has 112 valence electrons. The summed E-state index contributed by atoms with van der Waals surface area (Å²) in [6.07, 6.45) is 0. The summed E-state index contributed by atoms with van der Waals surface area (Å²) < 4.78 is 0. The Morgan fingerprint density at radius 2 is 1.91 bits per heavy atom. The number of amides is 1. The van der Waals surface area contributed by atoms with Crippen molar-refractivity contribution in [2.75, 3.05) is 5.32 Å². The van der Waals surface area contributed by atoms with E-state index in [1.54, 1.807) is 0 Å². The zero-order chi connectivity index (χ0) is 15.7. The maximum absolute atomic E-state index is 12.2. The molecule has 1 amide bonds. The number of anilines is 1. The van der Waals surface area contributed by atoms with Gasteiger partial charge in [-0.05, 0) is 49.4 Å². The minimum Gasteiger partial charge on any atom is -0.297 e. The fraction of sp³-hybridized carbons (Fsp3) is 0.176. The van der Waals surface area contributed by atoms with Crippen LogP contribution in [0.5, 0.6) is 0 Å². The molecule has 5 heteroatoms. The molecule has 0 atom stereocenters. The van der Waals surface area contributed by atoms with Crippen molar-refractivity contribution in [3.63, 3.8) is 0 Å². The molecule has 3 nitrogen and oxygen atoms in total. The molecule has 2 aromatic heterocycles. The molecule has 3 aromatic rings. The summed E-state index contributed by atoms with van der Waals surface area (Å²) in [6, 6.07) is 8.26. The van der Waals surface area contributed by atoms with Crippen molar-refractivity contribution in [2.45, 2.75) is 20.8 Å². The number of carbonyl (C=O) groups excluding carboxylic acids is 1. The predicted octanol–water partition coefficient (Wildman–Crippen LogP) is 5.05. The Morgan fingerprint density at radius 3 is 2.64 bits per heavy atom. The first-order valence-corrected chi connectivity index (χ1v) is 8.69. The molecule has 0 radical (unpaired) electrons. The van der Waals surface area contributed by atoms with Gasteiger partial charge in [-0.25, -0.2) is 4.98 Å². The minimum absolute atomic E-state index is 0.0886. The number of hydrogen-bond acceptors (Lipinski definition) is 4. The first kappa shape index (κ1) is 14.9. The third-order valence-electron chi connectivity index (χ3n) is 3.46. The van der Waals surface area contributed by atoms with Gasteiger partial charge in [0.2, 0.25) is 0 Å². The third kappa shape index (κ3) is 2.96. The van der Waals surface area contributed by atoms with Crippen molar-refractivity contribution in [3.8, 4) is 11.3 Å². The Kier molecular flexibility index (Phi) is 4.09. The highest BCUT2D eigenvalue weighted by Crippen LogP contribution is 2.29. The SMILES string of the molecule is Cc1ccc(C)c(-c2csc(NC(=O)c3sccc3C)n2)c1. The third-order valence-corrected chi connectivity index (χ3v) is 5.23. The summed E-state index contributed by atoms with van der Waals surface area (Å²) in [6.45, 7) is 6.08. The first-order chi connectivity index (χ1) is 10.5. The number of thiophene rings is 1. The summed E-state index contributed by atoms with van der Waals surface area (Å²) in [5, 5.41) is 7.43. The van der Waals surface area contributed by atoms with Gasteiger partial charge in [0, 0.05) is 10.9 Å². The van der Waals surface area contributed by atoms with Crippen LogP contribution in [-0.4, -0.2) is 10.9 Å².